The Morgan fingerprint density at radius 2 is 2.50 bits per heavy atom. The van der Waals surface area contributed by atoms with Crippen LogP contribution < -0.4 is 16.6 Å². The number of ether oxygens (including phenoxy) is 1. The number of nitrogens with two attached hydrogens (primary N) is 1. The maximum absolute atomic E-state index is 5.20. The van der Waals surface area contributed by atoms with Crippen molar-refractivity contribution in [3.05, 3.63) is 24.0 Å². The Labute approximate surface area is 68.5 Å². The number of hydrogen-bond donors (Lipinski definition) is 3. The summed E-state index contributed by atoms with van der Waals surface area (Å²) >= 11 is 0. The van der Waals surface area contributed by atoms with Crippen molar-refractivity contribution in [3.63, 3.8) is 0 Å². The third-order valence-corrected chi connectivity index (χ3v) is 1.41. The van der Waals surface area contributed by atoms with Gasteiger partial charge in [0.25, 0.3) is 0 Å². The molecular formula is C6H7N5O. The summed E-state index contributed by atoms with van der Waals surface area (Å²) in [5, 5.41) is 2.81. The van der Waals surface area contributed by atoms with E-state index in [2.05, 4.69) is 20.7 Å². The second-order valence-electron chi connectivity index (χ2n) is 2.11. The zero-order chi connectivity index (χ0) is 8.39. The maximum Gasteiger partial charge on any atom is 0.212 e. The van der Waals surface area contributed by atoms with Crippen molar-refractivity contribution in [3.8, 4) is 0 Å². The number of amidine groups is 1. The van der Waals surface area contributed by atoms with Gasteiger partial charge in [0.15, 0.2) is 11.7 Å². The summed E-state index contributed by atoms with van der Waals surface area (Å²) in [4.78, 5) is 7.90. The zero-order valence-corrected chi connectivity index (χ0v) is 6.11. The molecule has 2 aliphatic rings. The van der Waals surface area contributed by atoms with Crippen LogP contribution in [0.15, 0.2) is 34.0 Å². The first kappa shape index (κ1) is 6.86. The summed E-state index contributed by atoms with van der Waals surface area (Å²) in [6.07, 6.45) is 4.48. The van der Waals surface area contributed by atoms with E-state index in [1.807, 2.05) is 0 Å². The van der Waals surface area contributed by atoms with Crippen molar-refractivity contribution in [1.29, 1.82) is 0 Å². The van der Waals surface area contributed by atoms with Gasteiger partial charge in [0.1, 0.15) is 6.26 Å². The molecule has 0 saturated carbocycles. The Morgan fingerprint density at radius 3 is 3.33 bits per heavy atom. The van der Waals surface area contributed by atoms with Crippen molar-refractivity contribution in [2.24, 2.45) is 15.8 Å². The number of hydrazine groups is 1. The number of rotatable bonds is 1. The molecule has 0 bridgehead atoms. The number of aliphatic imine (C=N–C) groups is 2. The third kappa shape index (κ3) is 0.940. The van der Waals surface area contributed by atoms with Crippen LogP contribution in [0.4, 0.5) is 0 Å². The van der Waals surface area contributed by atoms with E-state index in [0.29, 0.717) is 17.4 Å². The molecule has 0 aliphatic carbocycles. The van der Waals surface area contributed by atoms with Gasteiger partial charge in [-0.05, 0) is 0 Å². The molecule has 0 aromatic heterocycles. The standard InChI is InChI=1S/C6H7N5O/c7-11-6-4-5(9-3-10-6)8-1-2-12-4/h1-3H,7H2,(H2,8,9,10,11). The lowest BCUT2D eigenvalue weighted by atomic mass is 10.4. The molecule has 0 unspecified atom stereocenters. The zero-order valence-electron chi connectivity index (χ0n) is 6.11. The molecule has 6 heteroatoms. The summed E-state index contributed by atoms with van der Waals surface area (Å²) in [6, 6.07) is 0. The molecular weight excluding hydrogens is 158 g/mol. The Bertz CT molecular complexity index is 314. The monoisotopic (exact) mass is 165 g/mol. The second kappa shape index (κ2) is 2.67. The largest absolute Gasteiger partial charge is 0.456 e. The molecule has 0 aromatic rings. The fourth-order valence-electron chi connectivity index (χ4n) is 0.908. The average molecular weight is 165 g/mol. The van der Waals surface area contributed by atoms with Crippen LogP contribution in [-0.4, -0.2) is 12.2 Å². The summed E-state index contributed by atoms with van der Waals surface area (Å²) in [5.74, 6) is 6.76. The summed E-state index contributed by atoms with van der Waals surface area (Å²) in [5.41, 5.74) is 2.41. The first-order chi connectivity index (χ1) is 5.92. The highest BCUT2D eigenvalue weighted by Gasteiger charge is 2.18. The predicted molar refractivity (Wildman–Crippen MR) is 43.6 cm³/mol. The van der Waals surface area contributed by atoms with Crippen molar-refractivity contribution in [2.45, 2.75) is 0 Å². The van der Waals surface area contributed by atoms with Gasteiger partial charge in [0, 0.05) is 0 Å². The molecule has 0 atom stereocenters. The van der Waals surface area contributed by atoms with Crippen LogP contribution in [0.5, 0.6) is 0 Å². The van der Waals surface area contributed by atoms with E-state index in [1.54, 1.807) is 6.20 Å². The van der Waals surface area contributed by atoms with Gasteiger partial charge in [-0.15, -0.1) is 0 Å². The lowest BCUT2D eigenvalue weighted by Gasteiger charge is -2.17. The molecule has 2 heterocycles. The maximum atomic E-state index is 5.20. The van der Waals surface area contributed by atoms with E-state index in [0.717, 1.165) is 0 Å². The van der Waals surface area contributed by atoms with Crippen molar-refractivity contribution < 1.29 is 4.74 Å². The first-order valence-electron chi connectivity index (χ1n) is 3.31. The summed E-state index contributed by atoms with van der Waals surface area (Å²) in [6.45, 7) is 0. The van der Waals surface area contributed by atoms with E-state index >= 15 is 0 Å². The smallest absolute Gasteiger partial charge is 0.212 e. The molecule has 62 valence electrons. The number of nitrogens with zero attached hydrogens (tertiary/aromatic N) is 2. The van der Waals surface area contributed by atoms with Crippen molar-refractivity contribution >= 4 is 12.2 Å². The number of nitrogens with one attached hydrogen (secondary N) is 2. The fraction of sp³-hybridized carbons (Fsp3) is 0. The van der Waals surface area contributed by atoms with E-state index in [4.69, 9.17) is 10.6 Å². The summed E-state index contributed by atoms with van der Waals surface area (Å²) in [7, 11) is 0. The molecule has 12 heavy (non-hydrogen) atoms. The molecule has 0 spiro atoms. The van der Waals surface area contributed by atoms with Gasteiger partial charge in [-0.3, -0.25) is 0 Å². The predicted octanol–water partition coefficient (Wildman–Crippen LogP) is -0.850. The van der Waals surface area contributed by atoms with Gasteiger partial charge in [-0.2, -0.15) is 0 Å². The van der Waals surface area contributed by atoms with Gasteiger partial charge >= 0.3 is 0 Å². The Morgan fingerprint density at radius 1 is 1.58 bits per heavy atom. The first-order valence-corrected chi connectivity index (χ1v) is 3.31. The van der Waals surface area contributed by atoms with E-state index in [-0.39, 0.29) is 0 Å². The molecule has 0 radical (unpaired) electrons. The number of hydrogen-bond acceptors (Lipinski definition) is 6. The molecule has 2 rings (SSSR count). The molecule has 4 N–H and O–H groups in total. The van der Waals surface area contributed by atoms with Crippen LogP contribution in [0.2, 0.25) is 0 Å². The topological polar surface area (TPSA) is 84.0 Å². The van der Waals surface area contributed by atoms with Crippen molar-refractivity contribution in [2.75, 3.05) is 0 Å². The van der Waals surface area contributed by atoms with Gasteiger partial charge < -0.3 is 15.5 Å². The highest BCUT2D eigenvalue weighted by atomic mass is 16.5. The Balaban J connectivity index is 2.41. The van der Waals surface area contributed by atoms with Crippen LogP contribution >= 0.6 is 0 Å². The lowest BCUT2D eigenvalue weighted by molar-refractivity contribution is 0.359. The van der Waals surface area contributed by atoms with Crippen LogP contribution in [-0.2, 0) is 4.74 Å². The van der Waals surface area contributed by atoms with E-state index < -0.39 is 0 Å². The van der Waals surface area contributed by atoms with E-state index in [9.17, 15) is 0 Å². The molecule has 0 fully saturated rings. The van der Waals surface area contributed by atoms with Crippen LogP contribution in [0.3, 0.4) is 0 Å². The minimum Gasteiger partial charge on any atom is -0.456 e. The molecule has 0 amide bonds. The summed E-state index contributed by atoms with van der Waals surface area (Å²) < 4.78 is 5.13. The minimum absolute atomic E-state index is 0.455. The quantitative estimate of drug-likeness (QED) is 0.349. The highest BCUT2D eigenvalue weighted by Crippen LogP contribution is 2.12. The second-order valence-corrected chi connectivity index (χ2v) is 2.11. The van der Waals surface area contributed by atoms with Gasteiger partial charge in [0.05, 0.1) is 12.5 Å². The molecule has 6 nitrogen and oxygen atoms in total. The average Bonchev–Trinajstić information content (AvgIpc) is 2.17. The third-order valence-electron chi connectivity index (χ3n) is 1.41. The lowest BCUT2D eigenvalue weighted by Crippen LogP contribution is -2.35. The normalized spacial score (nSPS) is 19.2. The van der Waals surface area contributed by atoms with Crippen LogP contribution in [0.1, 0.15) is 0 Å². The SMILES string of the molecule is NNC1=C2OC=CN=C2NC=N1. The van der Waals surface area contributed by atoms with Crippen molar-refractivity contribution in [1.82, 2.24) is 10.7 Å². The minimum atomic E-state index is 0.455. The molecule has 0 aromatic carbocycles. The molecule has 2 aliphatic heterocycles. The fourth-order valence-corrected chi connectivity index (χ4v) is 0.908. The van der Waals surface area contributed by atoms with Crippen LogP contribution in [0.25, 0.3) is 0 Å². The highest BCUT2D eigenvalue weighted by molar-refractivity contribution is 6.05. The van der Waals surface area contributed by atoms with Gasteiger partial charge in [-0.25, -0.2) is 15.8 Å². The Hall–Kier alpha value is -1.82. The van der Waals surface area contributed by atoms with Crippen LogP contribution in [0, 0.1) is 0 Å². The number of fused-ring (bicyclic) bond motifs is 1. The van der Waals surface area contributed by atoms with Gasteiger partial charge in [0.2, 0.25) is 5.76 Å². The van der Waals surface area contributed by atoms with Gasteiger partial charge in [-0.1, -0.05) is 0 Å². The Kier molecular flexibility index (Phi) is 1.52. The van der Waals surface area contributed by atoms with E-state index in [1.165, 1.54) is 12.6 Å². The molecule has 0 saturated heterocycles.